The van der Waals surface area contributed by atoms with E-state index in [9.17, 15) is 13.2 Å². The van der Waals surface area contributed by atoms with Crippen molar-refractivity contribution >= 4 is 21.4 Å². The largest absolute Gasteiger partial charge is 0.398 e. The number of sulfone groups is 1. The van der Waals surface area contributed by atoms with Crippen molar-refractivity contribution in [1.29, 1.82) is 0 Å². The van der Waals surface area contributed by atoms with Gasteiger partial charge in [-0.3, -0.25) is 4.79 Å². The van der Waals surface area contributed by atoms with Gasteiger partial charge in [-0.05, 0) is 37.5 Å². The molecule has 1 aliphatic heterocycles. The lowest BCUT2D eigenvalue weighted by Crippen LogP contribution is -2.41. The molecule has 2 rings (SSSR count). The van der Waals surface area contributed by atoms with Crippen molar-refractivity contribution in [3.63, 3.8) is 0 Å². The Morgan fingerprint density at radius 1 is 1.32 bits per heavy atom. The molecule has 104 valence electrons. The average molecular weight is 282 g/mol. The van der Waals surface area contributed by atoms with E-state index in [4.69, 9.17) is 5.73 Å². The summed E-state index contributed by atoms with van der Waals surface area (Å²) in [5.74, 6) is 0.0460. The maximum atomic E-state index is 12.1. The number of hydrogen-bond donors (Lipinski definition) is 2. The molecule has 19 heavy (non-hydrogen) atoms. The molecule has 1 amide bonds. The monoisotopic (exact) mass is 282 g/mol. The highest BCUT2D eigenvalue weighted by molar-refractivity contribution is 7.91. The minimum Gasteiger partial charge on any atom is -0.398 e. The number of nitrogens with one attached hydrogen (secondary N) is 1. The minimum absolute atomic E-state index is 0.0864. The zero-order chi connectivity index (χ0) is 14.0. The maximum absolute atomic E-state index is 12.1. The first-order valence-electron chi connectivity index (χ1n) is 6.25. The lowest BCUT2D eigenvalue weighted by Gasteiger charge is -2.23. The van der Waals surface area contributed by atoms with Crippen LogP contribution >= 0.6 is 0 Å². The Morgan fingerprint density at radius 3 is 2.53 bits per heavy atom. The number of aryl methyl sites for hydroxylation is 1. The van der Waals surface area contributed by atoms with Crippen molar-refractivity contribution in [3.8, 4) is 0 Å². The molecule has 1 fully saturated rings. The summed E-state index contributed by atoms with van der Waals surface area (Å²) in [6.07, 6.45) is 0.944. The third-order valence-corrected chi connectivity index (χ3v) is 5.06. The second-order valence-electron chi connectivity index (χ2n) is 4.99. The Kier molecular flexibility index (Phi) is 3.80. The molecule has 5 nitrogen and oxygen atoms in total. The van der Waals surface area contributed by atoms with Crippen LogP contribution in [0.5, 0.6) is 0 Å². The Balaban J connectivity index is 2.02. The molecule has 0 aromatic heterocycles. The van der Waals surface area contributed by atoms with Crippen LogP contribution in [0, 0.1) is 6.92 Å². The van der Waals surface area contributed by atoms with Crippen LogP contribution in [0.15, 0.2) is 18.2 Å². The molecule has 0 radical (unpaired) electrons. The summed E-state index contributed by atoms with van der Waals surface area (Å²) in [6, 6.07) is 5.19. The van der Waals surface area contributed by atoms with Gasteiger partial charge < -0.3 is 11.1 Å². The highest BCUT2D eigenvalue weighted by Gasteiger charge is 2.25. The molecule has 0 aliphatic carbocycles. The van der Waals surface area contributed by atoms with Gasteiger partial charge in [-0.25, -0.2) is 8.42 Å². The number of rotatable bonds is 2. The molecule has 1 saturated heterocycles. The van der Waals surface area contributed by atoms with Gasteiger partial charge in [-0.15, -0.1) is 0 Å². The SMILES string of the molecule is Cc1ccc(C(=O)NC2CCS(=O)(=O)CC2)c(N)c1. The van der Waals surface area contributed by atoms with Crippen molar-refractivity contribution in [2.24, 2.45) is 0 Å². The fraction of sp³-hybridized carbons (Fsp3) is 0.462. The predicted molar refractivity (Wildman–Crippen MR) is 74.7 cm³/mol. The quantitative estimate of drug-likeness (QED) is 0.788. The zero-order valence-corrected chi connectivity index (χ0v) is 11.7. The molecule has 1 aliphatic rings. The Morgan fingerprint density at radius 2 is 1.95 bits per heavy atom. The van der Waals surface area contributed by atoms with E-state index in [2.05, 4.69) is 5.32 Å². The number of nitrogen functional groups attached to an aromatic ring is 1. The smallest absolute Gasteiger partial charge is 0.253 e. The van der Waals surface area contributed by atoms with Crippen molar-refractivity contribution in [3.05, 3.63) is 29.3 Å². The number of carbonyl (C=O) groups excluding carboxylic acids is 1. The normalized spacial score (nSPS) is 19.0. The van der Waals surface area contributed by atoms with Crippen LogP contribution < -0.4 is 11.1 Å². The number of nitrogens with two attached hydrogens (primary N) is 1. The second kappa shape index (κ2) is 5.21. The third kappa shape index (κ3) is 3.47. The van der Waals surface area contributed by atoms with E-state index >= 15 is 0 Å². The summed E-state index contributed by atoms with van der Waals surface area (Å²) in [7, 11) is -2.91. The van der Waals surface area contributed by atoms with E-state index in [1.54, 1.807) is 12.1 Å². The van der Waals surface area contributed by atoms with E-state index in [1.807, 2.05) is 13.0 Å². The molecule has 3 N–H and O–H groups in total. The van der Waals surface area contributed by atoms with Gasteiger partial charge in [0.2, 0.25) is 0 Å². The van der Waals surface area contributed by atoms with Crippen LogP contribution in [-0.4, -0.2) is 31.9 Å². The summed E-state index contributed by atoms with van der Waals surface area (Å²) < 4.78 is 22.6. The Hall–Kier alpha value is -1.56. The summed E-state index contributed by atoms with van der Waals surface area (Å²) in [6.45, 7) is 1.91. The van der Waals surface area contributed by atoms with Gasteiger partial charge in [0.25, 0.3) is 5.91 Å². The van der Waals surface area contributed by atoms with E-state index in [0.717, 1.165) is 5.56 Å². The number of hydrogen-bond acceptors (Lipinski definition) is 4. The summed E-state index contributed by atoms with van der Waals surface area (Å²) in [5, 5.41) is 2.85. The molecule has 0 spiro atoms. The zero-order valence-electron chi connectivity index (χ0n) is 10.8. The van der Waals surface area contributed by atoms with Crippen LogP contribution in [0.1, 0.15) is 28.8 Å². The summed E-state index contributed by atoms with van der Waals surface area (Å²) in [4.78, 5) is 12.1. The minimum atomic E-state index is -2.91. The van der Waals surface area contributed by atoms with Gasteiger partial charge in [0.1, 0.15) is 9.84 Å². The maximum Gasteiger partial charge on any atom is 0.253 e. The van der Waals surface area contributed by atoms with Crippen LogP contribution in [0.25, 0.3) is 0 Å². The first-order valence-corrected chi connectivity index (χ1v) is 8.07. The van der Waals surface area contributed by atoms with E-state index < -0.39 is 9.84 Å². The molecule has 1 aromatic rings. The molecule has 1 heterocycles. The standard InChI is InChI=1S/C13H18N2O3S/c1-9-2-3-11(12(14)8-9)13(16)15-10-4-6-19(17,18)7-5-10/h2-3,8,10H,4-7,14H2,1H3,(H,15,16). The fourth-order valence-electron chi connectivity index (χ4n) is 2.19. The summed E-state index contributed by atoms with van der Waals surface area (Å²) in [5.41, 5.74) is 7.70. The highest BCUT2D eigenvalue weighted by atomic mass is 32.2. The van der Waals surface area contributed by atoms with Gasteiger partial charge >= 0.3 is 0 Å². The molecule has 0 atom stereocenters. The van der Waals surface area contributed by atoms with Gasteiger partial charge in [0.05, 0.1) is 17.1 Å². The van der Waals surface area contributed by atoms with Gasteiger partial charge in [-0.2, -0.15) is 0 Å². The molecular weight excluding hydrogens is 264 g/mol. The molecule has 0 unspecified atom stereocenters. The van der Waals surface area contributed by atoms with E-state index in [0.29, 0.717) is 24.1 Å². The Bertz CT molecular complexity index is 582. The van der Waals surface area contributed by atoms with E-state index in [1.165, 1.54) is 0 Å². The second-order valence-corrected chi connectivity index (χ2v) is 7.29. The number of benzene rings is 1. The molecule has 0 bridgehead atoms. The van der Waals surface area contributed by atoms with E-state index in [-0.39, 0.29) is 23.5 Å². The van der Waals surface area contributed by atoms with Crippen LogP contribution in [0.4, 0.5) is 5.69 Å². The highest BCUT2D eigenvalue weighted by Crippen LogP contribution is 2.16. The fourth-order valence-corrected chi connectivity index (χ4v) is 3.68. The van der Waals surface area contributed by atoms with Crippen molar-refractivity contribution in [1.82, 2.24) is 5.32 Å². The topological polar surface area (TPSA) is 89.3 Å². The number of carbonyl (C=O) groups is 1. The predicted octanol–water partition coefficient (Wildman–Crippen LogP) is 0.884. The van der Waals surface area contributed by atoms with Crippen LogP contribution in [-0.2, 0) is 9.84 Å². The first kappa shape index (κ1) is 13.9. The molecule has 1 aromatic carbocycles. The number of anilines is 1. The van der Waals surface area contributed by atoms with Gasteiger partial charge in [0.15, 0.2) is 0 Å². The number of amides is 1. The van der Waals surface area contributed by atoms with Crippen molar-refractivity contribution in [2.45, 2.75) is 25.8 Å². The summed E-state index contributed by atoms with van der Waals surface area (Å²) >= 11 is 0. The third-order valence-electron chi connectivity index (χ3n) is 3.34. The lowest BCUT2D eigenvalue weighted by atomic mass is 10.1. The van der Waals surface area contributed by atoms with Crippen molar-refractivity contribution < 1.29 is 13.2 Å². The van der Waals surface area contributed by atoms with Gasteiger partial charge in [-0.1, -0.05) is 6.07 Å². The lowest BCUT2D eigenvalue weighted by molar-refractivity contribution is 0.0935. The average Bonchev–Trinajstić information content (AvgIpc) is 2.31. The van der Waals surface area contributed by atoms with Crippen LogP contribution in [0.3, 0.4) is 0 Å². The first-order chi connectivity index (χ1) is 8.87. The van der Waals surface area contributed by atoms with Crippen molar-refractivity contribution in [2.75, 3.05) is 17.2 Å². The van der Waals surface area contributed by atoms with Gasteiger partial charge in [0, 0.05) is 11.7 Å². The van der Waals surface area contributed by atoms with Crippen LogP contribution in [0.2, 0.25) is 0 Å². The molecule has 6 heteroatoms. The Labute approximate surface area is 113 Å². The molecular formula is C13H18N2O3S. The molecule has 0 saturated carbocycles.